The minimum absolute atomic E-state index is 0.0721. The number of esters is 1. The Labute approximate surface area is 152 Å². The molecular formula is C22H44O2. The van der Waals surface area contributed by atoms with Gasteiger partial charge < -0.3 is 4.74 Å². The molecule has 0 aromatic heterocycles. The van der Waals surface area contributed by atoms with E-state index in [4.69, 9.17) is 4.74 Å². The number of carbonyl (C=O) groups is 1. The standard InChI is InChI=1S/C22H44O2/c1-4-7-10-12-13-14-15-17-20-24-22(23)21(18-9-6-3)19-16-11-8-5-2/h21H,4-20H2,1-3H3. The maximum absolute atomic E-state index is 12.3. The molecule has 0 bridgehead atoms. The number of rotatable bonds is 18. The van der Waals surface area contributed by atoms with Crippen LogP contribution in [0.25, 0.3) is 0 Å². The Bertz CT molecular complexity index is 263. The molecule has 0 spiro atoms. The van der Waals surface area contributed by atoms with Crippen molar-refractivity contribution >= 4 is 5.97 Å². The van der Waals surface area contributed by atoms with Crippen LogP contribution in [0, 0.1) is 5.92 Å². The number of hydrogen-bond acceptors (Lipinski definition) is 2. The predicted molar refractivity (Wildman–Crippen MR) is 105 cm³/mol. The third-order valence-corrected chi connectivity index (χ3v) is 4.89. The highest BCUT2D eigenvalue weighted by molar-refractivity contribution is 5.72. The van der Waals surface area contributed by atoms with Crippen LogP contribution in [-0.2, 0) is 9.53 Å². The van der Waals surface area contributed by atoms with E-state index >= 15 is 0 Å². The van der Waals surface area contributed by atoms with E-state index in [1.807, 2.05) is 0 Å². The summed E-state index contributed by atoms with van der Waals surface area (Å²) < 4.78 is 5.56. The zero-order chi connectivity index (χ0) is 17.9. The third-order valence-electron chi connectivity index (χ3n) is 4.89. The van der Waals surface area contributed by atoms with E-state index in [0.29, 0.717) is 6.61 Å². The van der Waals surface area contributed by atoms with Gasteiger partial charge in [0, 0.05) is 0 Å². The van der Waals surface area contributed by atoms with E-state index in [1.54, 1.807) is 0 Å². The number of ether oxygens (including phenoxy) is 1. The summed E-state index contributed by atoms with van der Waals surface area (Å²) in [6, 6.07) is 0. The average molecular weight is 341 g/mol. The lowest BCUT2D eigenvalue weighted by molar-refractivity contribution is -0.149. The van der Waals surface area contributed by atoms with Crippen molar-refractivity contribution in [1.29, 1.82) is 0 Å². The van der Waals surface area contributed by atoms with Crippen LogP contribution in [-0.4, -0.2) is 12.6 Å². The molecule has 1 atom stereocenters. The van der Waals surface area contributed by atoms with Gasteiger partial charge >= 0.3 is 5.97 Å². The molecule has 0 saturated heterocycles. The fourth-order valence-electron chi connectivity index (χ4n) is 3.17. The summed E-state index contributed by atoms with van der Waals surface area (Å²) >= 11 is 0. The molecule has 24 heavy (non-hydrogen) atoms. The maximum Gasteiger partial charge on any atom is 0.308 e. The second-order valence-corrected chi connectivity index (χ2v) is 7.33. The lowest BCUT2D eigenvalue weighted by Gasteiger charge is -2.15. The molecule has 0 aromatic rings. The Hall–Kier alpha value is -0.530. The van der Waals surface area contributed by atoms with Gasteiger partial charge in [-0.25, -0.2) is 0 Å². The van der Waals surface area contributed by atoms with Gasteiger partial charge in [-0.15, -0.1) is 0 Å². The number of unbranched alkanes of at least 4 members (excludes halogenated alkanes) is 11. The van der Waals surface area contributed by atoms with Gasteiger partial charge in [0.2, 0.25) is 0 Å². The van der Waals surface area contributed by atoms with Gasteiger partial charge in [-0.05, 0) is 19.3 Å². The Morgan fingerprint density at radius 2 is 1.08 bits per heavy atom. The van der Waals surface area contributed by atoms with Crippen molar-refractivity contribution in [2.45, 2.75) is 124 Å². The van der Waals surface area contributed by atoms with Crippen molar-refractivity contribution in [2.24, 2.45) is 5.92 Å². The van der Waals surface area contributed by atoms with E-state index in [2.05, 4.69) is 20.8 Å². The summed E-state index contributed by atoms with van der Waals surface area (Å²) in [5.74, 6) is 0.221. The van der Waals surface area contributed by atoms with E-state index in [-0.39, 0.29) is 11.9 Å². The first-order valence-electron chi connectivity index (χ1n) is 10.9. The van der Waals surface area contributed by atoms with Crippen molar-refractivity contribution in [3.05, 3.63) is 0 Å². The fourth-order valence-corrected chi connectivity index (χ4v) is 3.17. The van der Waals surface area contributed by atoms with Crippen LogP contribution < -0.4 is 0 Å². The second kappa shape index (κ2) is 18.8. The van der Waals surface area contributed by atoms with Crippen LogP contribution >= 0.6 is 0 Å². The first kappa shape index (κ1) is 23.5. The van der Waals surface area contributed by atoms with Crippen LogP contribution in [0.4, 0.5) is 0 Å². The highest BCUT2D eigenvalue weighted by atomic mass is 16.5. The molecular weight excluding hydrogens is 296 g/mol. The quantitative estimate of drug-likeness (QED) is 0.191. The molecule has 2 heteroatoms. The van der Waals surface area contributed by atoms with Gasteiger partial charge in [0.1, 0.15) is 0 Å². The topological polar surface area (TPSA) is 26.3 Å². The molecule has 0 N–H and O–H groups in total. The zero-order valence-corrected chi connectivity index (χ0v) is 16.9. The fraction of sp³-hybridized carbons (Fsp3) is 0.955. The van der Waals surface area contributed by atoms with Crippen LogP contribution in [0.1, 0.15) is 124 Å². The summed E-state index contributed by atoms with van der Waals surface area (Å²) in [4.78, 5) is 12.3. The Morgan fingerprint density at radius 1 is 0.625 bits per heavy atom. The molecule has 0 amide bonds. The SMILES string of the molecule is CCCCCCCCCCOC(=O)C(CCCC)CCCCCC. The van der Waals surface area contributed by atoms with Crippen molar-refractivity contribution in [3.63, 3.8) is 0 Å². The van der Waals surface area contributed by atoms with Gasteiger partial charge in [-0.3, -0.25) is 4.79 Å². The molecule has 0 rings (SSSR count). The minimum Gasteiger partial charge on any atom is -0.465 e. The van der Waals surface area contributed by atoms with Gasteiger partial charge in [-0.1, -0.05) is 104 Å². The molecule has 0 aliphatic rings. The lowest BCUT2D eigenvalue weighted by Crippen LogP contribution is -2.18. The Kier molecular flexibility index (Phi) is 18.4. The normalized spacial score (nSPS) is 12.3. The summed E-state index contributed by atoms with van der Waals surface area (Å²) in [5.41, 5.74) is 0. The smallest absolute Gasteiger partial charge is 0.308 e. The summed E-state index contributed by atoms with van der Waals surface area (Å²) in [6.07, 6.45) is 19.6. The van der Waals surface area contributed by atoms with Crippen LogP contribution in [0.3, 0.4) is 0 Å². The van der Waals surface area contributed by atoms with Gasteiger partial charge in [0.25, 0.3) is 0 Å². The van der Waals surface area contributed by atoms with Gasteiger partial charge in [0.05, 0.1) is 12.5 Å². The minimum atomic E-state index is 0.0721. The average Bonchev–Trinajstić information content (AvgIpc) is 2.59. The van der Waals surface area contributed by atoms with Crippen LogP contribution in [0.2, 0.25) is 0 Å². The van der Waals surface area contributed by atoms with Gasteiger partial charge in [-0.2, -0.15) is 0 Å². The van der Waals surface area contributed by atoms with Gasteiger partial charge in [0.15, 0.2) is 0 Å². The summed E-state index contributed by atoms with van der Waals surface area (Å²) in [7, 11) is 0. The molecule has 144 valence electrons. The summed E-state index contributed by atoms with van der Waals surface area (Å²) in [6.45, 7) is 7.31. The second-order valence-electron chi connectivity index (χ2n) is 7.33. The highest BCUT2D eigenvalue weighted by Gasteiger charge is 2.18. The van der Waals surface area contributed by atoms with Crippen LogP contribution in [0.5, 0.6) is 0 Å². The molecule has 0 radical (unpaired) electrons. The molecule has 0 aromatic carbocycles. The molecule has 0 aliphatic carbocycles. The lowest BCUT2D eigenvalue weighted by atomic mass is 9.95. The Morgan fingerprint density at radius 3 is 1.67 bits per heavy atom. The van der Waals surface area contributed by atoms with Crippen molar-refractivity contribution in [3.8, 4) is 0 Å². The largest absolute Gasteiger partial charge is 0.465 e. The van der Waals surface area contributed by atoms with E-state index in [0.717, 1.165) is 32.1 Å². The number of carbonyl (C=O) groups excluding carboxylic acids is 1. The zero-order valence-electron chi connectivity index (χ0n) is 16.9. The predicted octanol–water partition coefficient (Wildman–Crippen LogP) is 7.45. The molecule has 0 fully saturated rings. The molecule has 0 saturated carbocycles. The van der Waals surface area contributed by atoms with E-state index in [9.17, 15) is 4.79 Å². The highest BCUT2D eigenvalue weighted by Crippen LogP contribution is 2.19. The monoisotopic (exact) mass is 340 g/mol. The van der Waals surface area contributed by atoms with Crippen molar-refractivity contribution < 1.29 is 9.53 Å². The summed E-state index contributed by atoms with van der Waals surface area (Å²) in [5, 5.41) is 0. The molecule has 2 nitrogen and oxygen atoms in total. The third kappa shape index (κ3) is 15.0. The molecule has 0 aliphatic heterocycles. The first-order chi connectivity index (χ1) is 11.8. The Balaban J connectivity index is 3.72. The van der Waals surface area contributed by atoms with Crippen molar-refractivity contribution in [1.82, 2.24) is 0 Å². The maximum atomic E-state index is 12.3. The van der Waals surface area contributed by atoms with E-state index in [1.165, 1.54) is 70.6 Å². The molecule has 0 heterocycles. The van der Waals surface area contributed by atoms with E-state index < -0.39 is 0 Å². The number of hydrogen-bond donors (Lipinski definition) is 0. The van der Waals surface area contributed by atoms with Crippen molar-refractivity contribution in [2.75, 3.05) is 6.61 Å². The first-order valence-corrected chi connectivity index (χ1v) is 10.9. The molecule has 1 unspecified atom stereocenters. The van der Waals surface area contributed by atoms with Crippen LogP contribution in [0.15, 0.2) is 0 Å².